The molecular weight excluding hydrogens is 482 g/mol. The summed E-state index contributed by atoms with van der Waals surface area (Å²) in [6.45, 7) is 4.03. The first-order valence-electron chi connectivity index (χ1n) is 11.0. The largest absolute Gasteiger partial charge is 0.325 e. The Balaban J connectivity index is 1.25. The standard InChI is InChI=1S/C23H22ClN3O4S2/c1-23(2)16-11-7-12(17(16)32-19-18(23)33-22(31)26-19)15-14(11)20(29)27(21(15)30)8-13(28)25-10-5-3-9(24)4-6-10/h3-6,11-12,14-17H,7-8H2,1-2H3,(H,25,28)(H,26,31). The minimum Gasteiger partial charge on any atom is -0.325 e. The number of H-pyrrole nitrogens is 1. The highest BCUT2D eigenvalue weighted by Crippen LogP contribution is 2.68. The summed E-state index contributed by atoms with van der Waals surface area (Å²) < 4.78 is 0. The van der Waals surface area contributed by atoms with E-state index in [0.29, 0.717) is 10.7 Å². The summed E-state index contributed by atoms with van der Waals surface area (Å²) in [5, 5.41) is 4.39. The molecule has 2 aliphatic carbocycles. The van der Waals surface area contributed by atoms with Crippen molar-refractivity contribution in [2.75, 3.05) is 11.9 Å². The van der Waals surface area contributed by atoms with Crippen molar-refractivity contribution in [3.63, 3.8) is 0 Å². The van der Waals surface area contributed by atoms with Gasteiger partial charge in [-0.2, -0.15) is 0 Å². The lowest BCUT2D eigenvalue weighted by Crippen LogP contribution is -2.48. The first-order valence-corrected chi connectivity index (χ1v) is 13.0. The van der Waals surface area contributed by atoms with Gasteiger partial charge in [0.25, 0.3) is 0 Å². The number of carbonyl (C=O) groups is 3. The van der Waals surface area contributed by atoms with E-state index < -0.39 is 5.91 Å². The Labute approximate surface area is 203 Å². The van der Waals surface area contributed by atoms with Crippen LogP contribution < -0.4 is 10.2 Å². The molecule has 1 aromatic heterocycles. The van der Waals surface area contributed by atoms with E-state index in [0.717, 1.165) is 21.2 Å². The van der Waals surface area contributed by atoms with Crippen LogP contribution in [0.2, 0.25) is 5.02 Å². The number of fused-ring (bicyclic) bond motifs is 9. The highest BCUT2D eigenvalue weighted by atomic mass is 35.5. The number of nitrogens with zero attached hydrogens (tertiary/aromatic N) is 1. The Bertz CT molecular complexity index is 1250. The molecule has 6 atom stereocenters. The van der Waals surface area contributed by atoms with Crippen LogP contribution in [0.1, 0.15) is 25.1 Å². The van der Waals surface area contributed by atoms with Crippen LogP contribution >= 0.6 is 34.7 Å². The van der Waals surface area contributed by atoms with Crippen molar-refractivity contribution in [2.24, 2.45) is 29.6 Å². The zero-order valence-corrected chi connectivity index (χ0v) is 20.4. The maximum absolute atomic E-state index is 13.4. The number of imide groups is 1. The van der Waals surface area contributed by atoms with Crippen molar-refractivity contribution in [1.29, 1.82) is 0 Å². The van der Waals surface area contributed by atoms with Crippen LogP contribution in [0, 0.1) is 29.6 Å². The van der Waals surface area contributed by atoms with Crippen molar-refractivity contribution in [3.05, 3.63) is 43.8 Å². The minimum absolute atomic E-state index is 0.0573. The first-order chi connectivity index (χ1) is 15.7. The molecule has 3 fully saturated rings. The van der Waals surface area contributed by atoms with Crippen LogP contribution in [-0.2, 0) is 19.8 Å². The fourth-order valence-corrected chi connectivity index (χ4v) is 10.0. The molecule has 1 aromatic carbocycles. The number of aromatic amines is 1. The SMILES string of the molecule is CC1(C)c2sc(=O)[nH]c2SC2C3CC(C4C(=O)N(CC(=O)Nc5ccc(Cl)cc5)C(=O)C34)C21. The average Bonchev–Trinajstić information content (AvgIpc) is 3.48. The van der Waals surface area contributed by atoms with Gasteiger partial charge >= 0.3 is 4.87 Å². The molecule has 172 valence electrons. The molecule has 4 aliphatic rings. The predicted octanol–water partition coefficient (Wildman–Crippen LogP) is 3.35. The second kappa shape index (κ2) is 7.20. The monoisotopic (exact) mass is 503 g/mol. The number of thiazole rings is 1. The number of halogens is 1. The van der Waals surface area contributed by atoms with Gasteiger partial charge < -0.3 is 10.3 Å². The third kappa shape index (κ3) is 3.01. The lowest BCUT2D eigenvalue weighted by atomic mass is 9.64. The highest BCUT2D eigenvalue weighted by Gasteiger charge is 2.70. The van der Waals surface area contributed by atoms with Crippen molar-refractivity contribution >= 4 is 58.1 Å². The van der Waals surface area contributed by atoms with Crippen LogP contribution in [0.15, 0.2) is 34.1 Å². The molecule has 2 aromatic rings. The van der Waals surface area contributed by atoms with Gasteiger partial charge in [0, 0.05) is 26.3 Å². The number of rotatable bonds is 3. The summed E-state index contributed by atoms with van der Waals surface area (Å²) in [6, 6.07) is 6.68. The Morgan fingerprint density at radius 1 is 1.15 bits per heavy atom. The number of hydrogen-bond acceptors (Lipinski definition) is 6. The summed E-state index contributed by atoms with van der Waals surface area (Å²) in [5.74, 6) is -1.23. The van der Waals surface area contributed by atoms with Crippen molar-refractivity contribution in [3.8, 4) is 0 Å². The normalized spacial score (nSPS) is 33.1. The molecule has 3 heterocycles. The fraction of sp³-hybridized carbons (Fsp3) is 0.478. The zero-order valence-electron chi connectivity index (χ0n) is 18.0. The van der Waals surface area contributed by atoms with E-state index >= 15 is 0 Å². The number of anilines is 1. The Hall–Kier alpha value is -2.10. The molecule has 33 heavy (non-hydrogen) atoms. The zero-order chi connectivity index (χ0) is 23.2. The number of thioether (sulfide) groups is 1. The number of hydrogen-bond donors (Lipinski definition) is 2. The molecule has 6 rings (SSSR count). The average molecular weight is 504 g/mol. The summed E-state index contributed by atoms with van der Waals surface area (Å²) in [5.41, 5.74) is 0.315. The van der Waals surface area contributed by atoms with Crippen molar-refractivity contribution in [1.82, 2.24) is 9.88 Å². The quantitative estimate of drug-likeness (QED) is 0.626. The van der Waals surface area contributed by atoms with E-state index in [-0.39, 0.29) is 63.5 Å². The highest BCUT2D eigenvalue weighted by molar-refractivity contribution is 8.00. The Morgan fingerprint density at radius 2 is 1.82 bits per heavy atom. The fourth-order valence-electron chi connectivity index (χ4n) is 6.75. The Kier molecular flexibility index (Phi) is 4.68. The van der Waals surface area contributed by atoms with E-state index in [1.165, 1.54) is 11.3 Å². The van der Waals surface area contributed by atoms with Crippen LogP contribution in [-0.4, -0.2) is 39.4 Å². The number of amides is 3. The maximum Gasteiger partial charge on any atom is 0.305 e. The van der Waals surface area contributed by atoms with E-state index in [4.69, 9.17) is 11.6 Å². The molecule has 2 saturated carbocycles. The topological polar surface area (TPSA) is 99.3 Å². The molecule has 7 nitrogen and oxygen atoms in total. The van der Waals surface area contributed by atoms with Gasteiger partial charge in [-0.3, -0.25) is 24.1 Å². The maximum atomic E-state index is 13.4. The van der Waals surface area contributed by atoms with Gasteiger partial charge in [0.1, 0.15) is 6.54 Å². The number of nitrogens with one attached hydrogen (secondary N) is 2. The molecule has 2 aliphatic heterocycles. The second-order valence-corrected chi connectivity index (χ2v) is 12.5. The van der Waals surface area contributed by atoms with Crippen LogP contribution in [0.25, 0.3) is 0 Å². The van der Waals surface area contributed by atoms with Crippen LogP contribution in [0.4, 0.5) is 5.69 Å². The lowest BCUT2D eigenvalue weighted by molar-refractivity contribution is -0.143. The number of likely N-dealkylation sites (tertiary alicyclic amines) is 1. The molecule has 3 amide bonds. The lowest BCUT2D eigenvalue weighted by Gasteiger charge is -2.47. The van der Waals surface area contributed by atoms with Gasteiger partial charge in [-0.1, -0.05) is 36.8 Å². The van der Waals surface area contributed by atoms with Crippen LogP contribution in [0.3, 0.4) is 0 Å². The van der Waals surface area contributed by atoms with E-state index in [2.05, 4.69) is 24.1 Å². The summed E-state index contributed by atoms with van der Waals surface area (Å²) >= 11 is 8.81. The van der Waals surface area contributed by atoms with Gasteiger partial charge in [-0.15, -0.1) is 11.8 Å². The summed E-state index contributed by atoms with van der Waals surface area (Å²) in [6.07, 6.45) is 0.850. The van der Waals surface area contributed by atoms with E-state index in [1.54, 1.807) is 36.0 Å². The Morgan fingerprint density at radius 3 is 2.52 bits per heavy atom. The van der Waals surface area contributed by atoms with Gasteiger partial charge in [-0.05, 0) is 48.4 Å². The number of benzene rings is 1. The second-order valence-electron chi connectivity index (χ2n) is 9.94. The molecule has 0 spiro atoms. The molecule has 2 N–H and O–H groups in total. The smallest absolute Gasteiger partial charge is 0.305 e. The first kappa shape index (κ1) is 21.4. The molecule has 0 radical (unpaired) electrons. The third-order valence-corrected chi connectivity index (χ3v) is 11.0. The molecule has 1 saturated heterocycles. The molecule has 2 bridgehead atoms. The summed E-state index contributed by atoms with van der Waals surface area (Å²) in [7, 11) is 0. The van der Waals surface area contributed by atoms with E-state index in [9.17, 15) is 19.2 Å². The van der Waals surface area contributed by atoms with Crippen molar-refractivity contribution < 1.29 is 14.4 Å². The van der Waals surface area contributed by atoms with Gasteiger partial charge in [0.15, 0.2) is 0 Å². The predicted molar refractivity (Wildman–Crippen MR) is 126 cm³/mol. The van der Waals surface area contributed by atoms with Gasteiger partial charge in [-0.25, -0.2) is 0 Å². The third-order valence-electron chi connectivity index (χ3n) is 7.91. The van der Waals surface area contributed by atoms with Crippen LogP contribution in [0.5, 0.6) is 0 Å². The molecule has 6 unspecified atom stereocenters. The number of aromatic nitrogens is 1. The molecular formula is C23H22ClN3O4S2. The summed E-state index contributed by atoms with van der Waals surface area (Å²) in [4.78, 5) is 56.5. The number of carbonyl (C=O) groups excluding carboxylic acids is 3. The van der Waals surface area contributed by atoms with Gasteiger partial charge in [0.2, 0.25) is 17.7 Å². The van der Waals surface area contributed by atoms with E-state index in [1.807, 2.05) is 0 Å². The molecule has 10 heteroatoms. The van der Waals surface area contributed by atoms with Crippen molar-refractivity contribution in [2.45, 2.75) is 36.0 Å². The van der Waals surface area contributed by atoms with Gasteiger partial charge in [0.05, 0.1) is 16.9 Å². The minimum atomic E-state index is -0.404.